The molecule has 1 saturated heterocycles. The van der Waals surface area contributed by atoms with E-state index < -0.39 is 6.10 Å². The van der Waals surface area contributed by atoms with Crippen molar-refractivity contribution >= 4 is 17.5 Å². The molecule has 1 fully saturated rings. The minimum Gasteiger partial charge on any atom is -0.485 e. The molecule has 1 unspecified atom stereocenters. The maximum atomic E-state index is 12.3. The van der Waals surface area contributed by atoms with Crippen molar-refractivity contribution in [1.29, 1.82) is 0 Å². The SMILES string of the molecule is O=C(NCCNc1cc(N2CCOCC2)ncn1)C1COc2ccccc2O1. The van der Waals surface area contributed by atoms with E-state index in [9.17, 15) is 4.79 Å². The third kappa shape index (κ3) is 4.42. The van der Waals surface area contributed by atoms with Crippen molar-refractivity contribution in [3.8, 4) is 11.5 Å². The highest BCUT2D eigenvalue weighted by Crippen LogP contribution is 2.30. The lowest BCUT2D eigenvalue weighted by Crippen LogP contribution is -2.45. The summed E-state index contributed by atoms with van der Waals surface area (Å²) in [6.45, 7) is 4.22. The van der Waals surface area contributed by atoms with Gasteiger partial charge in [0.2, 0.25) is 6.10 Å². The summed E-state index contributed by atoms with van der Waals surface area (Å²) in [7, 11) is 0. The van der Waals surface area contributed by atoms with E-state index in [1.165, 1.54) is 6.33 Å². The van der Waals surface area contributed by atoms with Gasteiger partial charge in [-0.2, -0.15) is 0 Å². The number of aromatic nitrogens is 2. The predicted octanol–water partition coefficient (Wildman–Crippen LogP) is 0.681. The molecule has 0 bridgehead atoms. The molecule has 2 aliphatic rings. The molecule has 9 heteroatoms. The van der Waals surface area contributed by atoms with Crippen LogP contribution < -0.4 is 25.0 Å². The van der Waals surface area contributed by atoms with Crippen LogP contribution in [0, 0.1) is 0 Å². The molecule has 2 aromatic rings. The summed E-state index contributed by atoms with van der Waals surface area (Å²) in [5, 5.41) is 6.06. The van der Waals surface area contributed by atoms with Crippen molar-refractivity contribution < 1.29 is 19.0 Å². The molecule has 0 saturated carbocycles. The van der Waals surface area contributed by atoms with E-state index in [-0.39, 0.29) is 12.5 Å². The Kier molecular flexibility index (Phi) is 5.72. The molecule has 9 nitrogen and oxygen atoms in total. The molecular weight excluding hydrogens is 362 g/mol. The van der Waals surface area contributed by atoms with Crippen LogP contribution in [-0.4, -0.2) is 68.0 Å². The summed E-state index contributed by atoms with van der Waals surface area (Å²) < 4.78 is 16.6. The molecule has 28 heavy (non-hydrogen) atoms. The number of amides is 1. The number of rotatable bonds is 6. The zero-order valence-electron chi connectivity index (χ0n) is 15.5. The summed E-state index contributed by atoms with van der Waals surface area (Å²) in [4.78, 5) is 23.0. The third-order valence-corrected chi connectivity index (χ3v) is 4.52. The molecule has 1 amide bonds. The Hall–Kier alpha value is -3.07. The molecule has 2 N–H and O–H groups in total. The van der Waals surface area contributed by atoms with Crippen molar-refractivity contribution in [3.63, 3.8) is 0 Å². The number of morpholine rings is 1. The second-order valence-corrected chi connectivity index (χ2v) is 6.44. The van der Waals surface area contributed by atoms with Crippen molar-refractivity contribution in [2.45, 2.75) is 6.10 Å². The van der Waals surface area contributed by atoms with Crippen LogP contribution in [-0.2, 0) is 9.53 Å². The molecular formula is C19H23N5O4. The van der Waals surface area contributed by atoms with Crippen LogP contribution in [0.25, 0.3) is 0 Å². The standard InChI is InChI=1S/C19H23N5O4/c25-19(16-12-27-14-3-1-2-4-15(14)28-16)21-6-5-20-17-11-18(23-13-22-17)24-7-9-26-10-8-24/h1-4,11,13,16H,5-10,12H2,(H,21,25)(H,20,22,23). The molecule has 4 rings (SSSR count). The van der Waals surface area contributed by atoms with Crippen molar-refractivity contribution in [3.05, 3.63) is 36.7 Å². The van der Waals surface area contributed by atoms with E-state index in [2.05, 4.69) is 25.5 Å². The first-order chi connectivity index (χ1) is 13.8. The normalized spacial score (nSPS) is 18.4. The van der Waals surface area contributed by atoms with Crippen molar-refractivity contribution in [1.82, 2.24) is 15.3 Å². The first-order valence-corrected chi connectivity index (χ1v) is 9.34. The smallest absolute Gasteiger partial charge is 0.264 e. The van der Waals surface area contributed by atoms with Gasteiger partial charge >= 0.3 is 0 Å². The quantitative estimate of drug-likeness (QED) is 0.701. The fraction of sp³-hybridized carbons (Fsp3) is 0.421. The van der Waals surface area contributed by atoms with E-state index in [1.807, 2.05) is 24.3 Å². The van der Waals surface area contributed by atoms with Gasteiger partial charge in [-0.05, 0) is 12.1 Å². The highest BCUT2D eigenvalue weighted by Gasteiger charge is 2.26. The minimum atomic E-state index is -0.651. The number of fused-ring (bicyclic) bond motifs is 1. The Morgan fingerprint density at radius 2 is 1.96 bits per heavy atom. The predicted molar refractivity (Wildman–Crippen MR) is 103 cm³/mol. The number of ether oxygens (including phenoxy) is 3. The van der Waals surface area contributed by atoms with Gasteiger partial charge in [0.15, 0.2) is 11.5 Å². The van der Waals surface area contributed by atoms with Crippen LogP contribution in [0.3, 0.4) is 0 Å². The number of para-hydroxylation sites is 2. The molecule has 2 aliphatic heterocycles. The molecule has 0 aliphatic carbocycles. The fourth-order valence-corrected chi connectivity index (χ4v) is 3.05. The number of benzene rings is 1. The number of carbonyl (C=O) groups excluding carboxylic acids is 1. The van der Waals surface area contributed by atoms with Gasteiger partial charge in [0.1, 0.15) is 24.6 Å². The second-order valence-electron chi connectivity index (χ2n) is 6.44. The van der Waals surface area contributed by atoms with Crippen LogP contribution in [0.4, 0.5) is 11.6 Å². The highest BCUT2D eigenvalue weighted by atomic mass is 16.6. The van der Waals surface area contributed by atoms with Gasteiger partial charge in [-0.25, -0.2) is 9.97 Å². The van der Waals surface area contributed by atoms with E-state index in [0.717, 1.165) is 24.7 Å². The zero-order valence-corrected chi connectivity index (χ0v) is 15.5. The summed E-state index contributed by atoms with van der Waals surface area (Å²) in [5.41, 5.74) is 0. The number of nitrogens with one attached hydrogen (secondary N) is 2. The summed E-state index contributed by atoms with van der Waals surface area (Å²) in [6, 6.07) is 9.23. The largest absolute Gasteiger partial charge is 0.485 e. The van der Waals surface area contributed by atoms with Gasteiger partial charge in [-0.3, -0.25) is 4.79 Å². The maximum Gasteiger partial charge on any atom is 0.264 e. The molecule has 1 aromatic heterocycles. The lowest BCUT2D eigenvalue weighted by Gasteiger charge is -2.27. The van der Waals surface area contributed by atoms with E-state index in [0.29, 0.717) is 37.8 Å². The molecule has 148 valence electrons. The maximum absolute atomic E-state index is 12.3. The van der Waals surface area contributed by atoms with Gasteiger partial charge in [0.05, 0.1) is 13.2 Å². The third-order valence-electron chi connectivity index (χ3n) is 4.52. The van der Waals surface area contributed by atoms with E-state index in [1.54, 1.807) is 6.07 Å². The Morgan fingerprint density at radius 3 is 2.82 bits per heavy atom. The Morgan fingerprint density at radius 1 is 1.14 bits per heavy atom. The number of hydrogen-bond acceptors (Lipinski definition) is 8. The number of hydrogen-bond donors (Lipinski definition) is 2. The van der Waals surface area contributed by atoms with Crippen LogP contribution >= 0.6 is 0 Å². The molecule has 0 spiro atoms. The average molecular weight is 385 g/mol. The van der Waals surface area contributed by atoms with Gasteiger partial charge in [0.25, 0.3) is 5.91 Å². The van der Waals surface area contributed by atoms with Crippen molar-refractivity contribution in [2.24, 2.45) is 0 Å². The Labute approximate surface area is 163 Å². The lowest BCUT2D eigenvalue weighted by molar-refractivity contribution is -0.130. The lowest BCUT2D eigenvalue weighted by atomic mass is 10.2. The van der Waals surface area contributed by atoms with Crippen LogP contribution in [0.1, 0.15) is 0 Å². The Bertz CT molecular complexity index is 812. The molecule has 0 radical (unpaired) electrons. The minimum absolute atomic E-state index is 0.199. The fourth-order valence-electron chi connectivity index (χ4n) is 3.05. The second kappa shape index (κ2) is 8.75. The van der Waals surface area contributed by atoms with E-state index >= 15 is 0 Å². The summed E-state index contributed by atoms with van der Waals surface area (Å²) in [5.74, 6) is 2.64. The molecule has 1 atom stereocenters. The van der Waals surface area contributed by atoms with E-state index in [4.69, 9.17) is 14.2 Å². The average Bonchev–Trinajstić information content (AvgIpc) is 2.77. The topological polar surface area (TPSA) is 97.8 Å². The number of carbonyl (C=O) groups is 1. The Balaban J connectivity index is 1.22. The summed E-state index contributed by atoms with van der Waals surface area (Å²) >= 11 is 0. The number of anilines is 2. The van der Waals surface area contributed by atoms with Crippen LogP contribution in [0.5, 0.6) is 11.5 Å². The molecule has 3 heterocycles. The van der Waals surface area contributed by atoms with Crippen molar-refractivity contribution in [2.75, 3.05) is 56.2 Å². The van der Waals surface area contributed by atoms with Gasteiger partial charge in [0, 0.05) is 32.2 Å². The van der Waals surface area contributed by atoms with Gasteiger partial charge in [-0.15, -0.1) is 0 Å². The summed E-state index contributed by atoms with van der Waals surface area (Å²) in [6.07, 6.45) is 0.887. The molecule has 1 aromatic carbocycles. The zero-order chi connectivity index (χ0) is 19.2. The first kappa shape index (κ1) is 18.3. The van der Waals surface area contributed by atoms with Gasteiger partial charge in [-0.1, -0.05) is 12.1 Å². The van der Waals surface area contributed by atoms with Gasteiger partial charge < -0.3 is 29.7 Å². The van der Waals surface area contributed by atoms with Crippen LogP contribution in [0.2, 0.25) is 0 Å². The monoisotopic (exact) mass is 385 g/mol. The van der Waals surface area contributed by atoms with Crippen LogP contribution in [0.15, 0.2) is 36.7 Å². The first-order valence-electron chi connectivity index (χ1n) is 9.34. The highest BCUT2D eigenvalue weighted by molar-refractivity contribution is 5.81. The number of nitrogens with zero attached hydrogens (tertiary/aromatic N) is 3.